The van der Waals surface area contributed by atoms with E-state index in [1.54, 1.807) is 11.8 Å². The molecule has 0 saturated heterocycles. The minimum absolute atomic E-state index is 0.262. The van der Waals surface area contributed by atoms with E-state index >= 15 is 0 Å². The average Bonchev–Trinajstić information content (AvgIpc) is 2.29. The highest BCUT2D eigenvalue weighted by atomic mass is 32.2. The molecule has 2 nitrogen and oxygen atoms in total. The van der Waals surface area contributed by atoms with Crippen LogP contribution in [0.3, 0.4) is 0 Å². The molecule has 1 rings (SSSR count). The Morgan fingerprint density at radius 3 is 2.67 bits per heavy atom. The van der Waals surface area contributed by atoms with E-state index in [1.807, 2.05) is 6.07 Å². The van der Waals surface area contributed by atoms with Gasteiger partial charge in [-0.05, 0) is 12.1 Å². The van der Waals surface area contributed by atoms with E-state index in [1.165, 1.54) is 5.56 Å². The van der Waals surface area contributed by atoms with Crippen molar-refractivity contribution >= 4 is 11.8 Å². The van der Waals surface area contributed by atoms with Gasteiger partial charge in [0.2, 0.25) is 0 Å². The lowest BCUT2D eigenvalue weighted by Gasteiger charge is -2.17. The van der Waals surface area contributed by atoms with Crippen molar-refractivity contribution in [3.05, 3.63) is 35.9 Å². The van der Waals surface area contributed by atoms with Crippen LogP contribution in [0.4, 0.5) is 0 Å². The highest BCUT2D eigenvalue weighted by Crippen LogP contribution is 2.17. The van der Waals surface area contributed by atoms with Crippen LogP contribution in [0.5, 0.6) is 0 Å². The second-order valence-corrected chi connectivity index (χ2v) is 4.47. The molecular weight excluding hydrogens is 206 g/mol. The number of benzene rings is 1. The van der Waals surface area contributed by atoms with Gasteiger partial charge in [0.25, 0.3) is 0 Å². The summed E-state index contributed by atoms with van der Waals surface area (Å²) >= 11 is 1.78. The van der Waals surface area contributed by atoms with Crippen LogP contribution in [0.15, 0.2) is 30.3 Å². The van der Waals surface area contributed by atoms with Crippen LogP contribution in [0.2, 0.25) is 0 Å². The zero-order valence-corrected chi connectivity index (χ0v) is 9.96. The number of aliphatic hydroxyl groups is 1. The van der Waals surface area contributed by atoms with E-state index in [-0.39, 0.29) is 6.61 Å². The Kier molecular flexibility index (Phi) is 6.48. The molecule has 3 heteroatoms. The van der Waals surface area contributed by atoms with E-state index in [2.05, 4.69) is 36.5 Å². The van der Waals surface area contributed by atoms with Gasteiger partial charge in [-0.1, -0.05) is 37.3 Å². The number of aliphatic hydroxyl groups excluding tert-OH is 1. The van der Waals surface area contributed by atoms with Gasteiger partial charge < -0.3 is 10.4 Å². The molecule has 0 aliphatic rings. The number of hydrogen-bond acceptors (Lipinski definition) is 3. The molecule has 84 valence electrons. The summed E-state index contributed by atoms with van der Waals surface area (Å²) in [5, 5.41) is 12.2. The van der Waals surface area contributed by atoms with Crippen LogP contribution in [-0.4, -0.2) is 29.8 Å². The quantitative estimate of drug-likeness (QED) is 0.697. The molecule has 0 aromatic heterocycles. The van der Waals surface area contributed by atoms with Crippen molar-refractivity contribution in [2.75, 3.05) is 24.7 Å². The average molecular weight is 225 g/mol. The first-order valence-corrected chi connectivity index (χ1v) is 6.51. The molecule has 0 bridgehead atoms. The van der Waals surface area contributed by atoms with Gasteiger partial charge in [0.15, 0.2) is 0 Å². The summed E-state index contributed by atoms with van der Waals surface area (Å²) < 4.78 is 0. The van der Waals surface area contributed by atoms with Crippen molar-refractivity contribution in [3.63, 3.8) is 0 Å². The maximum atomic E-state index is 8.74. The number of hydrogen-bond donors (Lipinski definition) is 2. The molecule has 0 aliphatic carbocycles. The van der Waals surface area contributed by atoms with Crippen LogP contribution in [-0.2, 0) is 0 Å². The Hall–Kier alpha value is -0.510. The van der Waals surface area contributed by atoms with E-state index in [0.717, 1.165) is 18.1 Å². The minimum atomic E-state index is 0.262. The lowest BCUT2D eigenvalue weighted by atomic mass is 10.1. The lowest BCUT2D eigenvalue weighted by Crippen LogP contribution is -2.23. The van der Waals surface area contributed by atoms with Gasteiger partial charge in [-0.25, -0.2) is 0 Å². The molecule has 0 radical (unpaired) electrons. The maximum absolute atomic E-state index is 8.74. The molecule has 0 amide bonds. The van der Waals surface area contributed by atoms with Gasteiger partial charge in [0, 0.05) is 17.5 Å². The van der Waals surface area contributed by atoms with Crippen molar-refractivity contribution in [1.82, 2.24) is 5.32 Å². The van der Waals surface area contributed by atoms with Crippen LogP contribution < -0.4 is 5.32 Å². The first kappa shape index (κ1) is 12.6. The first-order chi connectivity index (χ1) is 7.38. The molecule has 0 saturated carbocycles. The zero-order valence-electron chi connectivity index (χ0n) is 9.15. The first-order valence-electron chi connectivity index (χ1n) is 5.35. The molecule has 15 heavy (non-hydrogen) atoms. The maximum Gasteiger partial charge on any atom is 0.0521 e. The minimum Gasteiger partial charge on any atom is -0.396 e. The fourth-order valence-electron chi connectivity index (χ4n) is 1.47. The summed E-state index contributed by atoms with van der Waals surface area (Å²) in [4.78, 5) is 0. The van der Waals surface area contributed by atoms with Gasteiger partial charge in [-0.2, -0.15) is 11.8 Å². The Morgan fingerprint density at radius 1 is 1.33 bits per heavy atom. The van der Waals surface area contributed by atoms with E-state index in [4.69, 9.17) is 5.11 Å². The Labute approximate surface area is 96.1 Å². The van der Waals surface area contributed by atoms with Crippen LogP contribution in [0.25, 0.3) is 0 Å². The van der Waals surface area contributed by atoms with Gasteiger partial charge in [0.1, 0.15) is 0 Å². The summed E-state index contributed by atoms with van der Waals surface area (Å²) in [6.07, 6.45) is 0. The smallest absolute Gasteiger partial charge is 0.0521 e. The van der Waals surface area contributed by atoms with E-state index in [0.29, 0.717) is 6.04 Å². The number of rotatable bonds is 7. The third kappa shape index (κ3) is 4.69. The molecule has 1 unspecified atom stereocenters. The van der Waals surface area contributed by atoms with Crippen molar-refractivity contribution in [2.24, 2.45) is 0 Å². The van der Waals surface area contributed by atoms with E-state index < -0.39 is 0 Å². The monoisotopic (exact) mass is 225 g/mol. The highest BCUT2D eigenvalue weighted by Gasteiger charge is 2.08. The standard InChI is InChI=1S/C12H19NOS/c1-2-13-12(10-15-9-8-14)11-6-4-3-5-7-11/h3-7,12-14H,2,8-10H2,1H3. The fraction of sp³-hybridized carbons (Fsp3) is 0.500. The summed E-state index contributed by atoms with van der Waals surface area (Å²) in [5.74, 6) is 1.83. The predicted octanol–water partition coefficient (Wildman–Crippen LogP) is 2.06. The summed E-state index contributed by atoms with van der Waals surface area (Å²) in [7, 11) is 0. The lowest BCUT2D eigenvalue weighted by molar-refractivity contribution is 0.322. The molecular formula is C12H19NOS. The largest absolute Gasteiger partial charge is 0.396 e. The molecule has 0 fully saturated rings. The number of thioether (sulfide) groups is 1. The third-order valence-corrected chi connectivity index (χ3v) is 3.21. The van der Waals surface area contributed by atoms with Crippen molar-refractivity contribution in [2.45, 2.75) is 13.0 Å². The molecule has 1 aromatic carbocycles. The molecule has 0 heterocycles. The topological polar surface area (TPSA) is 32.3 Å². The third-order valence-electron chi connectivity index (χ3n) is 2.17. The van der Waals surface area contributed by atoms with Crippen LogP contribution >= 0.6 is 11.8 Å². The fourth-order valence-corrected chi connectivity index (χ4v) is 2.31. The van der Waals surface area contributed by atoms with Crippen molar-refractivity contribution in [1.29, 1.82) is 0 Å². The Balaban J connectivity index is 2.50. The van der Waals surface area contributed by atoms with Gasteiger partial charge >= 0.3 is 0 Å². The second-order valence-electron chi connectivity index (χ2n) is 3.32. The molecule has 1 aromatic rings. The summed E-state index contributed by atoms with van der Waals surface area (Å²) in [6.45, 7) is 3.35. The summed E-state index contributed by atoms with van der Waals surface area (Å²) in [6, 6.07) is 10.9. The summed E-state index contributed by atoms with van der Waals surface area (Å²) in [5.41, 5.74) is 1.32. The highest BCUT2D eigenvalue weighted by molar-refractivity contribution is 7.99. The molecule has 0 aliphatic heterocycles. The van der Waals surface area contributed by atoms with Gasteiger partial charge in [0.05, 0.1) is 6.61 Å². The number of nitrogens with one attached hydrogen (secondary N) is 1. The normalized spacial score (nSPS) is 12.7. The molecule has 0 spiro atoms. The molecule has 2 N–H and O–H groups in total. The zero-order chi connectivity index (χ0) is 10.9. The molecule has 1 atom stereocenters. The Bertz CT molecular complexity index is 253. The van der Waals surface area contributed by atoms with Crippen LogP contribution in [0.1, 0.15) is 18.5 Å². The Morgan fingerprint density at radius 2 is 2.07 bits per heavy atom. The van der Waals surface area contributed by atoms with Gasteiger partial charge in [-0.15, -0.1) is 0 Å². The van der Waals surface area contributed by atoms with Crippen molar-refractivity contribution < 1.29 is 5.11 Å². The van der Waals surface area contributed by atoms with Gasteiger partial charge in [-0.3, -0.25) is 0 Å². The van der Waals surface area contributed by atoms with Crippen LogP contribution in [0, 0.1) is 0 Å². The SMILES string of the molecule is CCNC(CSCCO)c1ccccc1. The predicted molar refractivity (Wildman–Crippen MR) is 67.3 cm³/mol. The van der Waals surface area contributed by atoms with E-state index in [9.17, 15) is 0 Å². The van der Waals surface area contributed by atoms with Crippen molar-refractivity contribution in [3.8, 4) is 0 Å². The second kappa shape index (κ2) is 7.74.